The van der Waals surface area contributed by atoms with Crippen molar-refractivity contribution < 1.29 is 18.7 Å². The van der Waals surface area contributed by atoms with Crippen molar-refractivity contribution in [1.29, 1.82) is 0 Å². The Bertz CT molecular complexity index is 1190. The minimum absolute atomic E-state index is 0.0189. The Labute approximate surface area is 158 Å². The minimum Gasteiger partial charge on any atom is -0.496 e. The molecule has 0 atom stereocenters. The molecule has 0 saturated heterocycles. The van der Waals surface area contributed by atoms with E-state index < -0.39 is 5.97 Å². The number of para-hydroxylation sites is 1. The molecule has 0 fully saturated rings. The summed E-state index contributed by atoms with van der Waals surface area (Å²) >= 11 is 6.01. The maximum atomic E-state index is 12.6. The molecule has 134 valence electrons. The Kier molecular flexibility index (Phi) is 4.25. The largest absolute Gasteiger partial charge is 0.496 e. The fourth-order valence-corrected chi connectivity index (χ4v) is 2.88. The van der Waals surface area contributed by atoms with Crippen LogP contribution in [0.3, 0.4) is 0 Å². The van der Waals surface area contributed by atoms with Crippen molar-refractivity contribution >= 4 is 40.5 Å². The normalized spacial score (nSPS) is 15.1. The first-order valence-electron chi connectivity index (χ1n) is 7.94. The number of methoxy groups -OCH3 is 1. The fourth-order valence-electron chi connectivity index (χ4n) is 2.71. The first kappa shape index (κ1) is 17.1. The molecule has 3 aromatic rings. The molecule has 0 radical (unpaired) electrons. The Morgan fingerprint density at radius 3 is 2.78 bits per heavy atom. The Hall–Kier alpha value is -3.38. The summed E-state index contributed by atoms with van der Waals surface area (Å²) in [4.78, 5) is 29.0. The standard InChI is InChI=1S/C20H12ClNO5/c1-25-16-7-6-12(21)9-14(16)19-22-15(20(24)27-19)8-11-10-26-17-5-3-2-4-13(17)18(11)23/h2-10H,1H3/b15-8+. The number of hydrogen-bond acceptors (Lipinski definition) is 6. The van der Waals surface area contributed by atoms with E-state index in [4.69, 9.17) is 25.5 Å². The van der Waals surface area contributed by atoms with E-state index in [2.05, 4.69) is 4.99 Å². The van der Waals surface area contributed by atoms with Gasteiger partial charge in [-0.15, -0.1) is 0 Å². The molecule has 1 aliphatic heterocycles. The number of fused-ring (bicyclic) bond motifs is 1. The molecule has 0 unspecified atom stereocenters. The minimum atomic E-state index is -0.681. The lowest BCUT2D eigenvalue weighted by Crippen LogP contribution is -2.08. The summed E-state index contributed by atoms with van der Waals surface area (Å²) in [5.74, 6) is -0.173. The molecule has 2 heterocycles. The highest BCUT2D eigenvalue weighted by Gasteiger charge is 2.27. The van der Waals surface area contributed by atoms with Gasteiger partial charge in [0, 0.05) is 5.02 Å². The van der Waals surface area contributed by atoms with Crippen molar-refractivity contribution in [2.24, 2.45) is 4.99 Å². The SMILES string of the molecule is COc1ccc(Cl)cc1C1=N/C(=C/c2coc3ccccc3c2=O)C(=O)O1. The molecule has 0 amide bonds. The summed E-state index contributed by atoms with van der Waals surface area (Å²) < 4.78 is 15.9. The van der Waals surface area contributed by atoms with Gasteiger partial charge in [-0.2, -0.15) is 0 Å². The van der Waals surface area contributed by atoms with Crippen LogP contribution in [0, 0.1) is 0 Å². The molecular weight excluding hydrogens is 370 g/mol. The zero-order valence-corrected chi connectivity index (χ0v) is 14.8. The highest BCUT2D eigenvalue weighted by molar-refractivity contribution is 6.31. The molecule has 2 aromatic carbocycles. The van der Waals surface area contributed by atoms with Gasteiger partial charge in [0.2, 0.25) is 5.90 Å². The van der Waals surface area contributed by atoms with Crippen LogP contribution in [0.4, 0.5) is 0 Å². The number of rotatable bonds is 3. The van der Waals surface area contributed by atoms with Crippen molar-refractivity contribution in [3.63, 3.8) is 0 Å². The Morgan fingerprint density at radius 1 is 1.15 bits per heavy atom. The number of hydrogen-bond donors (Lipinski definition) is 0. The van der Waals surface area contributed by atoms with Crippen LogP contribution in [0.5, 0.6) is 5.75 Å². The second-order valence-corrected chi connectivity index (χ2v) is 6.13. The number of esters is 1. The molecule has 1 aromatic heterocycles. The van der Waals surface area contributed by atoms with Gasteiger partial charge in [0.25, 0.3) is 0 Å². The maximum Gasteiger partial charge on any atom is 0.363 e. The first-order chi connectivity index (χ1) is 13.1. The van der Waals surface area contributed by atoms with Gasteiger partial charge in [0.1, 0.15) is 17.6 Å². The van der Waals surface area contributed by atoms with E-state index in [-0.39, 0.29) is 22.6 Å². The van der Waals surface area contributed by atoms with E-state index in [1.165, 1.54) is 19.4 Å². The molecule has 0 bridgehead atoms. The van der Waals surface area contributed by atoms with Crippen molar-refractivity contribution in [3.05, 3.63) is 80.8 Å². The summed E-state index contributed by atoms with van der Waals surface area (Å²) in [7, 11) is 1.49. The number of benzene rings is 2. The van der Waals surface area contributed by atoms with Crippen LogP contribution in [-0.2, 0) is 9.53 Å². The number of cyclic esters (lactones) is 1. The van der Waals surface area contributed by atoms with Crippen LogP contribution in [0.2, 0.25) is 5.02 Å². The molecule has 1 aliphatic rings. The van der Waals surface area contributed by atoms with Gasteiger partial charge in [-0.25, -0.2) is 9.79 Å². The number of ether oxygens (including phenoxy) is 2. The van der Waals surface area contributed by atoms with E-state index in [9.17, 15) is 9.59 Å². The van der Waals surface area contributed by atoms with Crippen molar-refractivity contribution in [2.75, 3.05) is 7.11 Å². The fraction of sp³-hybridized carbons (Fsp3) is 0.0500. The number of carbonyl (C=O) groups is 1. The molecule has 0 aliphatic carbocycles. The second kappa shape index (κ2) is 6.74. The summed E-state index contributed by atoms with van der Waals surface area (Å²) in [5.41, 5.74) is 0.818. The van der Waals surface area contributed by atoms with Crippen LogP contribution >= 0.6 is 11.6 Å². The van der Waals surface area contributed by atoms with Crippen molar-refractivity contribution in [1.82, 2.24) is 0 Å². The van der Waals surface area contributed by atoms with Gasteiger partial charge in [0.15, 0.2) is 11.1 Å². The quantitative estimate of drug-likeness (QED) is 0.509. The highest BCUT2D eigenvalue weighted by atomic mass is 35.5. The van der Waals surface area contributed by atoms with Crippen LogP contribution in [-0.4, -0.2) is 19.0 Å². The van der Waals surface area contributed by atoms with Gasteiger partial charge in [-0.1, -0.05) is 23.7 Å². The van der Waals surface area contributed by atoms with Crippen molar-refractivity contribution in [3.8, 4) is 5.75 Å². The maximum absolute atomic E-state index is 12.6. The number of nitrogens with zero attached hydrogens (tertiary/aromatic N) is 1. The molecule has 27 heavy (non-hydrogen) atoms. The van der Waals surface area contributed by atoms with E-state index in [1.807, 2.05) is 0 Å². The molecule has 0 N–H and O–H groups in total. The predicted molar refractivity (Wildman–Crippen MR) is 101 cm³/mol. The third-order valence-electron chi connectivity index (χ3n) is 4.01. The monoisotopic (exact) mass is 381 g/mol. The second-order valence-electron chi connectivity index (χ2n) is 5.70. The summed E-state index contributed by atoms with van der Waals surface area (Å²) in [6.07, 6.45) is 2.63. The van der Waals surface area contributed by atoms with Gasteiger partial charge < -0.3 is 13.9 Å². The third-order valence-corrected chi connectivity index (χ3v) is 4.25. The van der Waals surface area contributed by atoms with Crippen molar-refractivity contribution in [2.45, 2.75) is 0 Å². The van der Waals surface area contributed by atoms with Crippen LogP contribution < -0.4 is 10.2 Å². The van der Waals surface area contributed by atoms with Crippen LogP contribution in [0.1, 0.15) is 11.1 Å². The summed E-state index contributed by atoms with van der Waals surface area (Å²) in [6, 6.07) is 11.7. The van der Waals surface area contributed by atoms with E-state index in [0.29, 0.717) is 27.3 Å². The molecule has 4 rings (SSSR count). The number of aliphatic imine (C=N–C) groups is 1. The molecule has 7 heteroatoms. The van der Waals surface area contributed by atoms with E-state index in [0.717, 1.165) is 0 Å². The Balaban J connectivity index is 1.79. The lowest BCUT2D eigenvalue weighted by Gasteiger charge is -2.07. The first-order valence-corrected chi connectivity index (χ1v) is 8.31. The summed E-state index contributed by atoms with van der Waals surface area (Å²) in [5, 5.41) is 0.857. The average Bonchev–Trinajstić information content (AvgIpc) is 3.04. The highest BCUT2D eigenvalue weighted by Crippen LogP contribution is 2.27. The molecule has 6 nitrogen and oxygen atoms in total. The topological polar surface area (TPSA) is 78.1 Å². The average molecular weight is 382 g/mol. The van der Waals surface area contributed by atoms with Gasteiger partial charge >= 0.3 is 5.97 Å². The van der Waals surface area contributed by atoms with Crippen LogP contribution in [0.15, 0.2) is 68.6 Å². The van der Waals surface area contributed by atoms with Gasteiger partial charge in [-0.05, 0) is 36.4 Å². The molecule has 0 spiro atoms. The Morgan fingerprint density at radius 2 is 1.96 bits per heavy atom. The molecule has 0 saturated carbocycles. The molecular formula is C20H12ClNO5. The zero-order chi connectivity index (χ0) is 19.0. The van der Waals surface area contributed by atoms with Gasteiger partial charge in [-0.3, -0.25) is 4.79 Å². The predicted octanol–water partition coefficient (Wildman–Crippen LogP) is 3.80. The van der Waals surface area contributed by atoms with E-state index in [1.54, 1.807) is 42.5 Å². The van der Waals surface area contributed by atoms with E-state index >= 15 is 0 Å². The lowest BCUT2D eigenvalue weighted by molar-refractivity contribution is -0.129. The number of carbonyl (C=O) groups excluding carboxylic acids is 1. The lowest BCUT2D eigenvalue weighted by atomic mass is 10.1. The smallest absolute Gasteiger partial charge is 0.363 e. The zero-order valence-electron chi connectivity index (χ0n) is 14.1. The van der Waals surface area contributed by atoms with Crippen LogP contribution in [0.25, 0.3) is 17.0 Å². The third kappa shape index (κ3) is 3.11. The van der Waals surface area contributed by atoms with Gasteiger partial charge in [0.05, 0.1) is 23.6 Å². The summed E-state index contributed by atoms with van der Waals surface area (Å²) in [6.45, 7) is 0. The number of halogens is 1.